The van der Waals surface area contributed by atoms with E-state index in [0.717, 1.165) is 25.2 Å². The number of aldehydes is 1. The summed E-state index contributed by atoms with van der Waals surface area (Å²) in [5, 5.41) is 0.646. The molecule has 1 aromatic heterocycles. The molecule has 0 bridgehead atoms. The molecule has 2 heterocycles. The van der Waals surface area contributed by atoms with Gasteiger partial charge in [-0.15, -0.1) is 0 Å². The zero-order valence-electron chi connectivity index (χ0n) is 17.4. The summed E-state index contributed by atoms with van der Waals surface area (Å²) < 4.78 is 27.8. The van der Waals surface area contributed by atoms with Gasteiger partial charge in [0.15, 0.2) is 6.29 Å². The van der Waals surface area contributed by atoms with E-state index in [2.05, 4.69) is 23.1 Å². The molecule has 1 atom stereocenters. The number of carbonyl (C=O) groups is 1. The highest BCUT2D eigenvalue weighted by molar-refractivity contribution is 7.91. The molecule has 1 unspecified atom stereocenters. The monoisotopic (exact) mass is 432 g/mol. The number of fused-ring (bicyclic) bond motifs is 2. The number of benzene rings is 2. The number of rotatable bonds is 4. The minimum absolute atomic E-state index is 0.381. The van der Waals surface area contributed by atoms with Crippen LogP contribution in [0.1, 0.15) is 34.8 Å². The normalized spacial score (nSPS) is 21.1. The molecule has 6 heteroatoms. The maximum Gasteiger partial charge on any atom is 0.248 e. The molecular formula is C25H24N2O3S. The SMILES string of the molecule is CC1(S(=O)(=O)n2cc(C=O)c3ccccc32)C=C(N2CCc3ccccc3C2)C=CC1. The Balaban J connectivity index is 1.55. The van der Waals surface area contributed by atoms with Crippen LogP contribution in [0.3, 0.4) is 0 Å². The zero-order valence-corrected chi connectivity index (χ0v) is 18.2. The Morgan fingerprint density at radius 2 is 1.77 bits per heavy atom. The fraction of sp³-hybridized carbons (Fsp3) is 0.240. The lowest BCUT2D eigenvalue weighted by Gasteiger charge is -2.36. The van der Waals surface area contributed by atoms with Crippen LogP contribution < -0.4 is 0 Å². The molecule has 0 N–H and O–H groups in total. The smallest absolute Gasteiger partial charge is 0.248 e. The Hall–Kier alpha value is -3.12. The summed E-state index contributed by atoms with van der Waals surface area (Å²) in [5.41, 5.74) is 4.48. The lowest BCUT2D eigenvalue weighted by Crippen LogP contribution is -2.40. The second-order valence-corrected chi connectivity index (χ2v) is 10.7. The third-order valence-corrected chi connectivity index (χ3v) is 8.73. The van der Waals surface area contributed by atoms with Crippen molar-refractivity contribution in [3.05, 3.63) is 95.3 Å². The molecule has 0 amide bonds. The van der Waals surface area contributed by atoms with Gasteiger partial charge in [-0.1, -0.05) is 48.5 Å². The molecule has 5 nitrogen and oxygen atoms in total. The Morgan fingerprint density at radius 3 is 2.58 bits per heavy atom. The van der Waals surface area contributed by atoms with E-state index in [-0.39, 0.29) is 0 Å². The van der Waals surface area contributed by atoms with E-state index >= 15 is 0 Å². The predicted octanol–water partition coefficient (Wildman–Crippen LogP) is 4.29. The largest absolute Gasteiger partial charge is 0.367 e. The number of para-hydroxylation sites is 1. The second kappa shape index (κ2) is 7.24. The highest BCUT2D eigenvalue weighted by atomic mass is 32.2. The van der Waals surface area contributed by atoms with E-state index in [9.17, 15) is 13.2 Å². The second-order valence-electron chi connectivity index (χ2n) is 8.45. The van der Waals surface area contributed by atoms with Gasteiger partial charge in [0.2, 0.25) is 10.0 Å². The topological polar surface area (TPSA) is 59.4 Å². The van der Waals surface area contributed by atoms with Crippen molar-refractivity contribution in [3.8, 4) is 0 Å². The zero-order chi connectivity index (χ0) is 21.6. The molecule has 0 saturated heterocycles. The van der Waals surface area contributed by atoms with Gasteiger partial charge in [0.05, 0.1) is 5.52 Å². The van der Waals surface area contributed by atoms with E-state index in [0.29, 0.717) is 29.2 Å². The van der Waals surface area contributed by atoms with Crippen LogP contribution in [0.5, 0.6) is 0 Å². The number of nitrogens with zero attached hydrogens (tertiary/aromatic N) is 2. The van der Waals surface area contributed by atoms with Crippen molar-refractivity contribution in [1.82, 2.24) is 8.87 Å². The molecule has 3 aromatic rings. The number of allylic oxidation sites excluding steroid dienone is 2. The van der Waals surface area contributed by atoms with E-state index in [1.807, 2.05) is 30.4 Å². The maximum atomic E-state index is 13.8. The van der Waals surface area contributed by atoms with Gasteiger partial charge in [-0.3, -0.25) is 4.79 Å². The quantitative estimate of drug-likeness (QED) is 0.577. The summed E-state index contributed by atoms with van der Waals surface area (Å²) in [6, 6.07) is 15.5. The van der Waals surface area contributed by atoms with Crippen LogP contribution in [0.15, 0.2) is 78.7 Å². The summed E-state index contributed by atoms with van der Waals surface area (Å²) in [4.78, 5) is 13.8. The van der Waals surface area contributed by atoms with Crippen LogP contribution in [0.4, 0.5) is 0 Å². The average molecular weight is 433 g/mol. The van der Waals surface area contributed by atoms with Crippen molar-refractivity contribution >= 4 is 27.2 Å². The molecule has 2 aromatic carbocycles. The summed E-state index contributed by atoms with van der Waals surface area (Å²) in [7, 11) is -3.81. The van der Waals surface area contributed by atoms with Crippen LogP contribution in [0, 0.1) is 0 Å². The van der Waals surface area contributed by atoms with Gasteiger partial charge in [-0.2, -0.15) is 0 Å². The lowest BCUT2D eigenvalue weighted by atomic mass is 9.96. The average Bonchev–Trinajstić information content (AvgIpc) is 3.18. The first-order chi connectivity index (χ1) is 14.9. The molecule has 0 spiro atoms. The minimum atomic E-state index is -3.81. The molecule has 1 aliphatic heterocycles. The van der Waals surface area contributed by atoms with Gasteiger partial charge in [0, 0.05) is 35.9 Å². The summed E-state index contributed by atoms with van der Waals surface area (Å²) in [6.45, 7) is 3.38. The van der Waals surface area contributed by atoms with E-state index in [1.54, 1.807) is 25.1 Å². The summed E-state index contributed by atoms with van der Waals surface area (Å²) >= 11 is 0. The Morgan fingerprint density at radius 1 is 1.03 bits per heavy atom. The number of carbonyl (C=O) groups excluding carboxylic acids is 1. The Kier molecular flexibility index (Phi) is 4.63. The van der Waals surface area contributed by atoms with Crippen molar-refractivity contribution in [2.24, 2.45) is 0 Å². The number of hydrogen-bond acceptors (Lipinski definition) is 4. The van der Waals surface area contributed by atoms with Crippen LogP contribution in [-0.2, 0) is 23.0 Å². The standard InChI is InChI=1S/C25H24N2O3S/c1-25(31(29,30)27-17-21(18-28)23-10-4-5-11-24(23)27)13-6-9-22(15-25)26-14-12-19-7-2-3-8-20(19)16-26/h2-11,15,17-18H,12-14,16H2,1H3. The molecule has 5 rings (SSSR count). The van der Waals surface area contributed by atoms with Crippen LogP contribution in [0.2, 0.25) is 0 Å². The molecule has 158 valence electrons. The van der Waals surface area contributed by atoms with Crippen molar-refractivity contribution in [3.63, 3.8) is 0 Å². The van der Waals surface area contributed by atoms with Crippen molar-refractivity contribution in [1.29, 1.82) is 0 Å². The first kappa shape index (κ1) is 19.8. The number of hydrogen-bond donors (Lipinski definition) is 0. The molecule has 2 aliphatic rings. The maximum absolute atomic E-state index is 13.8. The van der Waals surface area contributed by atoms with Gasteiger partial charge in [0.1, 0.15) is 4.75 Å². The third kappa shape index (κ3) is 3.13. The Labute approximate surface area is 182 Å². The minimum Gasteiger partial charge on any atom is -0.367 e. The molecule has 31 heavy (non-hydrogen) atoms. The van der Waals surface area contributed by atoms with Gasteiger partial charge >= 0.3 is 0 Å². The molecule has 1 aliphatic carbocycles. The molecular weight excluding hydrogens is 408 g/mol. The number of aromatic nitrogens is 1. The van der Waals surface area contributed by atoms with Crippen molar-refractivity contribution in [2.45, 2.75) is 31.1 Å². The van der Waals surface area contributed by atoms with E-state index in [1.165, 1.54) is 21.3 Å². The first-order valence-electron chi connectivity index (χ1n) is 10.4. The third-order valence-electron chi connectivity index (χ3n) is 6.44. The molecule has 0 radical (unpaired) electrons. The fourth-order valence-corrected chi connectivity index (χ4v) is 6.32. The molecule has 0 fully saturated rings. The predicted molar refractivity (Wildman–Crippen MR) is 122 cm³/mol. The van der Waals surface area contributed by atoms with Crippen LogP contribution >= 0.6 is 0 Å². The van der Waals surface area contributed by atoms with Gasteiger partial charge in [0.25, 0.3) is 0 Å². The van der Waals surface area contributed by atoms with Crippen molar-refractivity contribution in [2.75, 3.05) is 6.54 Å². The fourth-order valence-electron chi connectivity index (χ4n) is 4.62. The summed E-state index contributed by atoms with van der Waals surface area (Å²) in [5.74, 6) is 0. The van der Waals surface area contributed by atoms with E-state index in [4.69, 9.17) is 0 Å². The van der Waals surface area contributed by atoms with Crippen molar-refractivity contribution < 1.29 is 13.2 Å². The Bertz CT molecular complexity index is 1350. The van der Waals surface area contributed by atoms with Gasteiger partial charge < -0.3 is 4.90 Å². The highest BCUT2D eigenvalue weighted by Gasteiger charge is 2.41. The first-order valence-corrected chi connectivity index (χ1v) is 11.9. The van der Waals surface area contributed by atoms with Gasteiger partial charge in [-0.05, 0) is 49.1 Å². The van der Waals surface area contributed by atoms with Gasteiger partial charge in [-0.25, -0.2) is 12.4 Å². The highest BCUT2D eigenvalue weighted by Crippen LogP contribution is 2.35. The van der Waals surface area contributed by atoms with E-state index < -0.39 is 14.8 Å². The molecule has 0 saturated carbocycles. The lowest BCUT2D eigenvalue weighted by molar-refractivity contribution is 0.112. The summed E-state index contributed by atoms with van der Waals surface area (Å²) in [6.07, 6.45) is 9.33. The van der Waals surface area contributed by atoms with Crippen LogP contribution in [-0.4, -0.2) is 34.9 Å². The van der Waals surface area contributed by atoms with Crippen LogP contribution in [0.25, 0.3) is 10.9 Å².